The molecule has 0 fully saturated rings. The van der Waals surface area contributed by atoms with E-state index in [-0.39, 0.29) is 48.0 Å². The average molecular weight is 632 g/mol. The highest BCUT2D eigenvalue weighted by Gasteiger charge is 2.33. The highest BCUT2D eigenvalue weighted by molar-refractivity contribution is 6.23. The Morgan fingerprint density at radius 3 is 2.40 bits per heavy atom. The highest BCUT2D eigenvalue weighted by atomic mass is 16.6. The van der Waals surface area contributed by atoms with Crippen LogP contribution in [0.1, 0.15) is 47.5 Å². The van der Waals surface area contributed by atoms with Crippen LogP contribution >= 0.6 is 0 Å². The van der Waals surface area contributed by atoms with E-state index in [0.29, 0.717) is 12.0 Å². The van der Waals surface area contributed by atoms with Crippen molar-refractivity contribution in [2.24, 2.45) is 11.8 Å². The zero-order valence-electron chi connectivity index (χ0n) is 27.8. The molecule has 2 aliphatic rings. The van der Waals surface area contributed by atoms with Crippen LogP contribution < -0.4 is 10.6 Å². The summed E-state index contributed by atoms with van der Waals surface area (Å²) >= 11 is 0. The van der Waals surface area contributed by atoms with Gasteiger partial charge in [-0.2, -0.15) is 0 Å². The van der Waals surface area contributed by atoms with Crippen molar-refractivity contribution in [2.75, 3.05) is 41.4 Å². The van der Waals surface area contributed by atoms with Gasteiger partial charge >= 0.3 is 5.97 Å². The molecular formula is C33H49N3O9. The van der Waals surface area contributed by atoms with Gasteiger partial charge in [0, 0.05) is 44.3 Å². The van der Waals surface area contributed by atoms with Gasteiger partial charge in [0.25, 0.3) is 5.91 Å². The maximum absolute atomic E-state index is 13.7. The number of amides is 1. The number of carbonyl (C=O) groups excluding carboxylic acids is 4. The van der Waals surface area contributed by atoms with Crippen molar-refractivity contribution in [3.63, 3.8) is 0 Å². The molecule has 12 nitrogen and oxygen atoms in total. The van der Waals surface area contributed by atoms with Crippen molar-refractivity contribution in [2.45, 2.75) is 71.9 Å². The van der Waals surface area contributed by atoms with E-state index in [4.69, 9.17) is 14.2 Å². The molecule has 6 atom stereocenters. The number of hydroxylamine groups is 3. The fraction of sp³-hybridized carbons (Fsp3) is 0.576. The largest absolute Gasteiger partial charge is 0.633 e. The van der Waals surface area contributed by atoms with E-state index < -0.39 is 58.4 Å². The first kappa shape index (κ1) is 37.8. The van der Waals surface area contributed by atoms with E-state index >= 15 is 0 Å². The Labute approximate surface area is 266 Å². The lowest BCUT2D eigenvalue weighted by molar-refractivity contribution is -0.838. The topological polar surface area (TPSA) is 163 Å². The van der Waals surface area contributed by atoms with Gasteiger partial charge in [0.15, 0.2) is 6.10 Å². The van der Waals surface area contributed by atoms with Crippen molar-refractivity contribution >= 4 is 23.4 Å². The SMILES string of the molecule is CO[C@H]1/C=C\C=C(/C)C(=O)NC2=CC(=O)C(NCC[N+](C)(C)[O-])=C(C[C@@H](C)C[C@H](OC)[C@H](O)[C@@H](C)/C=C(\C)[C@@H]1OC(C)=O)C2=O. The molecule has 1 aliphatic carbocycles. The van der Waals surface area contributed by atoms with Crippen molar-refractivity contribution in [1.82, 2.24) is 10.6 Å². The number of esters is 1. The molecule has 45 heavy (non-hydrogen) atoms. The normalized spacial score (nSPS) is 30.8. The molecule has 3 N–H and O–H groups in total. The number of likely N-dealkylation sites (N-methyl/N-ethyl adjacent to an activating group) is 1. The number of hydrogen-bond acceptors (Lipinski definition) is 10. The fourth-order valence-electron chi connectivity index (χ4n) is 5.28. The number of carbonyl (C=O) groups is 4. The van der Waals surface area contributed by atoms with Crippen LogP contribution in [0.5, 0.6) is 0 Å². The number of methoxy groups -OCH3 is 2. The summed E-state index contributed by atoms with van der Waals surface area (Å²) in [7, 11) is 5.91. The predicted octanol–water partition coefficient (Wildman–Crippen LogP) is 2.39. The predicted molar refractivity (Wildman–Crippen MR) is 169 cm³/mol. The first-order valence-electron chi connectivity index (χ1n) is 15.1. The smallest absolute Gasteiger partial charge is 0.303 e. The fourth-order valence-corrected chi connectivity index (χ4v) is 5.28. The third kappa shape index (κ3) is 11.2. The lowest BCUT2D eigenvalue weighted by Crippen LogP contribution is -2.41. The maximum atomic E-state index is 13.7. The minimum Gasteiger partial charge on any atom is -0.633 e. The van der Waals surface area contributed by atoms with Crippen LogP contribution in [0.25, 0.3) is 0 Å². The maximum Gasteiger partial charge on any atom is 0.303 e. The van der Waals surface area contributed by atoms with Gasteiger partial charge in [-0.05, 0) is 38.2 Å². The van der Waals surface area contributed by atoms with Gasteiger partial charge in [-0.3, -0.25) is 19.2 Å². The molecule has 12 heteroatoms. The van der Waals surface area contributed by atoms with Crippen molar-refractivity contribution in [1.29, 1.82) is 0 Å². The van der Waals surface area contributed by atoms with Crippen molar-refractivity contribution < 1.29 is 43.1 Å². The number of ether oxygens (including phenoxy) is 3. The number of nitrogens with one attached hydrogen (secondary N) is 2. The molecule has 1 aliphatic heterocycles. The Morgan fingerprint density at radius 1 is 1.16 bits per heavy atom. The second kappa shape index (κ2) is 16.8. The zero-order chi connectivity index (χ0) is 34.1. The van der Waals surface area contributed by atoms with E-state index in [1.807, 2.05) is 13.8 Å². The minimum absolute atomic E-state index is 0.0861. The van der Waals surface area contributed by atoms with Crippen LogP contribution in [0.15, 0.2) is 58.5 Å². The van der Waals surface area contributed by atoms with Crippen LogP contribution in [0.4, 0.5) is 0 Å². The molecule has 1 amide bonds. The first-order valence-corrected chi connectivity index (χ1v) is 15.1. The minimum atomic E-state index is -0.961. The third-order valence-electron chi connectivity index (χ3n) is 7.80. The van der Waals surface area contributed by atoms with Crippen LogP contribution in [0, 0.1) is 17.0 Å². The Kier molecular flexibility index (Phi) is 14.1. The van der Waals surface area contributed by atoms with Gasteiger partial charge in [-0.1, -0.05) is 38.2 Å². The number of quaternary nitrogens is 1. The summed E-state index contributed by atoms with van der Waals surface area (Å²) in [5.41, 5.74) is 1.01. The third-order valence-corrected chi connectivity index (χ3v) is 7.80. The quantitative estimate of drug-likeness (QED) is 0.125. The monoisotopic (exact) mass is 631 g/mol. The molecule has 0 aromatic rings. The molecule has 0 saturated heterocycles. The Hall–Kier alpha value is -3.42. The standard InChI is InChI=1S/C33H49N3O9/c1-19-15-24-29(34-13-14-36(6,7)42)26(38)18-25(31(24)40)35-33(41)20(2)11-10-12-27(43-8)32(45-23(5)37)22(4)17-21(3)30(39)28(16-19)44-9/h10-12,17-19,21,27-28,30,32,34,39H,13-16H2,1-9H3,(H,35,41)/b12-10-,20-11+,22-17+/t19-,21+,27+,28+,30-,32+/m1/s1. The van der Waals surface area contributed by atoms with E-state index in [1.165, 1.54) is 41.3 Å². The van der Waals surface area contributed by atoms with Gasteiger partial charge in [0.05, 0.1) is 50.8 Å². The lowest BCUT2D eigenvalue weighted by atomic mass is 9.85. The summed E-state index contributed by atoms with van der Waals surface area (Å²) in [4.78, 5) is 52.0. The second-order valence-electron chi connectivity index (χ2n) is 12.3. The van der Waals surface area contributed by atoms with E-state index in [9.17, 15) is 29.5 Å². The molecule has 0 saturated carbocycles. The number of hydrogen-bond donors (Lipinski definition) is 3. The average Bonchev–Trinajstić information content (AvgIpc) is 2.95. The number of Topliss-reactive ketones (excluding diaryl/α,β-unsaturated/α-hetero) is 1. The molecule has 2 rings (SSSR count). The summed E-state index contributed by atoms with van der Waals surface area (Å²) in [6, 6.07) is 0. The van der Waals surface area contributed by atoms with E-state index in [2.05, 4.69) is 10.6 Å². The summed E-state index contributed by atoms with van der Waals surface area (Å²) in [6.07, 6.45) is 4.97. The van der Waals surface area contributed by atoms with E-state index in [0.717, 1.165) is 6.08 Å². The van der Waals surface area contributed by atoms with Crippen molar-refractivity contribution in [3.05, 3.63) is 63.7 Å². The molecule has 0 spiro atoms. The van der Waals surface area contributed by atoms with Crippen LogP contribution in [-0.4, -0.2) is 99.0 Å². The summed E-state index contributed by atoms with van der Waals surface area (Å²) in [5.74, 6) is -2.77. The number of aliphatic hydroxyl groups is 1. The first-order chi connectivity index (χ1) is 21.0. The molecule has 0 unspecified atom stereocenters. The van der Waals surface area contributed by atoms with Crippen LogP contribution in [-0.2, 0) is 33.4 Å². The molecule has 0 radical (unpaired) electrons. The van der Waals surface area contributed by atoms with Crippen LogP contribution in [0.3, 0.4) is 0 Å². The Balaban J connectivity index is 2.60. The van der Waals surface area contributed by atoms with Crippen LogP contribution in [0.2, 0.25) is 0 Å². The number of rotatable bonds is 7. The van der Waals surface area contributed by atoms with Gasteiger partial charge in [-0.25, -0.2) is 0 Å². The lowest BCUT2D eigenvalue weighted by Gasteiger charge is -2.34. The van der Waals surface area contributed by atoms with Gasteiger partial charge < -0.3 is 39.8 Å². The number of allylic oxidation sites excluding steroid dienone is 4. The Morgan fingerprint density at radius 2 is 1.82 bits per heavy atom. The molecule has 0 aromatic heterocycles. The molecule has 0 aromatic carbocycles. The summed E-state index contributed by atoms with van der Waals surface area (Å²) < 4.78 is 16.3. The van der Waals surface area contributed by atoms with E-state index in [1.54, 1.807) is 32.1 Å². The zero-order valence-corrected chi connectivity index (χ0v) is 27.8. The Bertz CT molecular complexity index is 1270. The number of ketones is 2. The molecule has 250 valence electrons. The number of aliphatic hydroxyl groups excluding tert-OH is 1. The molecular weight excluding hydrogens is 582 g/mol. The van der Waals surface area contributed by atoms with Gasteiger partial charge in [0.2, 0.25) is 11.6 Å². The summed E-state index contributed by atoms with van der Waals surface area (Å²) in [6.45, 7) is 8.64. The van der Waals surface area contributed by atoms with Crippen molar-refractivity contribution in [3.8, 4) is 0 Å². The number of nitrogens with zero attached hydrogens (tertiary/aromatic N) is 1. The summed E-state index contributed by atoms with van der Waals surface area (Å²) in [5, 5.41) is 28.9. The molecule has 2 bridgehead atoms. The molecule has 1 heterocycles. The highest BCUT2D eigenvalue weighted by Crippen LogP contribution is 2.29. The number of fused-ring (bicyclic) bond motifs is 2. The van der Waals surface area contributed by atoms with Gasteiger partial charge in [-0.15, -0.1) is 0 Å². The second-order valence-corrected chi connectivity index (χ2v) is 12.3. The van der Waals surface area contributed by atoms with Gasteiger partial charge in [0.1, 0.15) is 6.10 Å².